The van der Waals surface area contributed by atoms with E-state index in [4.69, 9.17) is 4.74 Å². The van der Waals surface area contributed by atoms with Gasteiger partial charge in [0.25, 0.3) is 0 Å². The lowest BCUT2D eigenvalue weighted by atomic mass is 9.94. The second kappa shape index (κ2) is 9.16. The quantitative estimate of drug-likeness (QED) is 0.707. The molecule has 3 rings (SSSR count). The number of morpholine rings is 1. The molecule has 1 aliphatic heterocycles. The minimum atomic E-state index is 0.111. The van der Waals surface area contributed by atoms with E-state index in [1.807, 2.05) is 30.3 Å². The fourth-order valence-corrected chi connectivity index (χ4v) is 3.84. The van der Waals surface area contributed by atoms with Crippen molar-refractivity contribution in [2.45, 2.75) is 44.3 Å². The van der Waals surface area contributed by atoms with Gasteiger partial charge in [-0.25, -0.2) is 0 Å². The van der Waals surface area contributed by atoms with E-state index in [1.165, 1.54) is 19.3 Å². The van der Waals surface area contributed by atoms with Crippen LogP contribution in [-0.2, 0) is 16.1 Å². The van der Waals surface area contributed by atoms with Gasteiger partial charge in [-0.05, 0) is 24.3 Å². The highest BCUT2D eigenvalue weighted by molar-refractivity contribution is 5.76. The molecule has 3 unspecified atom stereocenters. The van der Waals surface area contributed by atoms with E-state index < -0.39 is 0 Å². The van der Waals surface area contributed by atoms with Crippen molar-refractivity contribution < 1.29 is 9.53 Å². The van der Waals surface area contributed by atoms with Gasteiger partial charge in [0.2, 0.25) is 5.91 Å². The first-order valence-electron chi connectivity index (χ1n) is 9.18. The molecule has 132 valence electrons. The molecule has 0 spiro atoms. The lowest BCUT2D eigenvalue weighted by Gasteiger charge is -2.33. The van der Waals surface area contributed by atoms with Gasteiger partial charge in [-0.1, -0.05) is 36.8 Å². The lowest BCUT2D eigenvalue weighted by molar-refractivity contribution is -0.121. The zero-order chi connectivity index (χ0) is 16.6. The van der Waals surface area contributed by atoms with Gasteiger partial charge in [0.1, 0.15) is 0 Å². The van der Waals surface area contributed by atoms with Crippen LogP contribution in [0, 0.1) is 5.92 Å². The minimum absolute atomic E-state index is 0.111. The molecule has 1 amide bonds. The van der Waals surface area contributed by atoms with Crippen molar-refractivity contribution in [3.63, 3.8) is 0 Å². The molecule has 24 heavy (non-hydrogen) atoms. The molecule has 1 aromatic carbocycles. The van der Waals surface area contributed by atoms with Crippen LogP contribution in [0.1, 0.15) is 31.2 Å². The standard InChI is InChI=1S/C19H29N3O2/c23-19(22-13-15-5-2-1-3-6-15)9-10-20-17-8-4-7-16(17)18-14-24-12-11-21-18/h1-3,5-6,16-18,20-21H,4,7-14H2,(H,22,23). The van der Waals surface area contributed by atoms with E-state index >= 15 is 0 Å². The summed E-state index contributed by atoms with van der Waals surface area (Å²) in [4.78, 5) is 12.0. The van der Waals surface area contributed by atoms with Crippen LogP contribution in [0.25, 0.3) is 0 Å². The fraction of sp³-hybridized carbons (Fsp3) is 0.632. The monoisotopic (exact) mass is 331 g/mol. The number of carbonyl (C=O) groups excluding carboxylic acids is 1. The van der Waals surface area contributed by atoms with Crippen LogP contribution in [0.2, 0.25) is 0 Å². The summed E-state index contributed by atoms with van der Waals surface area (Å²) in [5, 5.41) is 10.2. The van der Waals surface area contributed by atoms with Crippen molar-refractivity contribution in [3.05, 3.63) is 35.9 Å². The van der Waals surface area contributed by atoms with Crippen molar-refractivity contribution >= 4 is 5.91 Å². The Kier molecular flexibility index (Phi) is 6.64. The summed E-state index contributed by atoms with van der Waals surface area (Å²) < 4.78 is 5.61. The summed E-state index contributed by atoms with van der Waals surface area (Å²) in [5.74, 6) is 0.734. The highest BCUT2D eigenvalue weighted by Gasteiger charge is 2.34. The van der Waals surface area contributed by atoms with Crippen LogP contribution in [0.15, 0.2) is 30.3 Å². The van der Waals surface area contributed by atoms with Crippen LogP contribution in [0.4, 0.5) is 0 Å². The molecule has 0 aromatic heterocycles. The number of benzene rings is 1. The maximum Gasteiger partial charge on any atom is 0.221 e. The first-order chi connectivity index (χ1) is 11.8. The number of carbonyl (C=O) groups is 1. The van der Waals surface area contributed by atoms with Crippen LogP contribution >= 0.6 is 0 Å². The molecule has 2 aliphatic rings. The van der Waals surface area contributed by atoms with Crippen molar-refractivity contribution in [1.82, 2.24) is 16.0 Å². The predicted octanol–water partition coefficient (Wildman–Crippen LogP) is 1.44. The van der Waals surface area contributed by atoms with Crippen LogP contribution in [0.3, 0.4) is 0 Å². The molecule has 0 bridgehead atoms. The number of amides is 1. The Morgan fingerprint density at radius 2 is 2.12 bits per heavy atom. The smallest absolute Gasteiger partial charge is 0.221 e. The van der Waals surface area contributed by atoms with E-state index in [0.717, 1.165) is 31.9 Å². The first kappa shape index (κ1) is 17.4. The zero-order valence-electron chi connectivity index (χ0n) is 14.3. The first-order valence-corrected chi connectivity index (χ1v) is 9.18. The lowest BCUT2D eigenvalue weighted by Crippen LogP contribution is -2.51. The molecule has 1 saturated carbocycles. The molecular formula is C19H29N3O2. The van der Waals surface area contributed by atoms with Crippen molar-refractivity contribution in [2.75, 3.05) is 26.3 Å². The fourth-order valence-electron chi connectivity index (χ4n) is 3.84. The number of hydrogen-bond donors (Lipinski definition) is 3. The van der Waals surface area contributed by atoms with Crippen LogP contribution < -0.4 is 16.0 Å². The summed E-state index contributed by atoms with van der Waals surface area (Å²) >= 11 is 0. The average molecular weight is 331 g/mol. The van der Waals surface area contributed by atoms with E-state index in [9.17, 15) is 4.79 Å². The van der Waals surface area contributed by atoms with Gasteiger partial charge < -0.3 is 20.7 Å². The highest BCUT2D eigenvalue weighted by atomic mass is 16.5. The summed E-state index contributed by atoms with van der Waals surface area (Å²) in [6.07, 6.45) is 4.25. The molecule has 5 nitrogen and oxygen atoms in total. The summed E-state index contributed by atoms with van der Waals surface area (Å²) in [5.41, 5.74) is 1.14. The van der Waals surface area contributed by atoms with Gasteiger partial charge in [0, 0.05) is 38.1 Å². The topological polar surface area (TPSA) is 62.4 Å². The average Bonchev–Trinajstić information content (AvgIpc) is 3.10. The molecule has 1 heterocycles. The van der Waals surface area contributed by atoms with Gasteiger partial charge in [0.15, 0.2) is 0 Å². The number of rotatable bonds is 7. The van der Waals surface area contributed by atoms with Crippen molar-refractivity contribution in [2.24, 2.45) is 5.92 Å². The van der Waals surface area contributed by atoms with Crippen LogP contribution in [-0.4, -0.2) is 44.3 Å². The largest absolute Gasteiger partial charge is 0.379 e. The Bertz CT molecular complexity index is 503. The Labute approximate surface area is 144 Å². The van der Waals surface area contributed by atoms with Gasteiger partial charge in [0.05, 0.1) is 13.2 Å². The summed E-state index contributed by atoms with van der Waals surface area (Å²) in [6, 6.07) is 11.0. The second-order valence-electron chi connectivity index (χ2n) is 6.80. The Balaban J connectivity index is 1.35. The molecule has 1 aliphatic carbocycles. The van der Waals surface area contributed by atoms with Crippen molar-refractivity contribution in [1.29, 1.82) is 0 Å². The molecule has 1 saturated heterocycles. The predicted molar refractivity (Wildman–Crippen MR) is 94.6 cm³/mol. The van der Waals surface area contributed by atoms with E-state index in [2.05, 4.69) is 16.0 Å². The second-order valence-corrected chi connectivity index (χ2v) is 6.80. The normalized spacial score (nSPS) is 27.1. The van der Waals surface area contributed by atoms with Gasteiger partial charge in [-0.2, -0.15) is 0 Å². The molecular weight excluding hydrogens is 302 g/mol. The molecule has 3 N–H and O–H groups in total. The third-order valence-electron chi connectivity index (χ3n) is 5.13. The zero-order valence-corrected chi connectivity index (χ0v) is 14.3. The number of hydrogen-bond acceptors (Lipinski definition) is 4. The highest BCUT2D eigenvalue weighted by Crippen LogP contribution is 2.29. The maximum absolute atomic E-state index is 12.0. The van der Waals surface area contributed by atoms with E-state index in [0.29, 0.717) is 31.0 Å². The van der Waals surface area contributed by atoms with E-state index in [1.54, 1.807) is 0 Å². The molecule has 2 fully saturated rings. The molecule has 1 aromatic rings. The molecule has 3 atom stereocenters. The number of nitrogens with one attached hydrogen (secondary N) is 3. The summed E-state index contributed by atoms with van der Waals surface area (Å²) in [7, 11) is 0. The Hall–Kier alpha value is -1.43. The Morgan fingerprint density at radius 3 is 2.92 bits per heavy atom. The molecule has 0 radical (unpaired) electrons. The Morgan fingerprint density at radius 1 is 1.25 bits per heavy atom. The van der Waals surface area contributed by atoms with Gasteiger partial charge >= 0.3 is 0 Å². The van der Waals surface area contributed by atoms with E-state index in [-0.39, 0.29) is 5.91 Å². The van der Waals surface area contributed by atoms with Crippen LogP contribution in [0.5, 0.6) is 0 Å². The maximum atomic E-state index is 12.0. The minimum Gasteiger partial charge on any atom is -0.379 e. The van der Waals surface area contributed by atoms with Gasteiger partial charge in [-0.15, -0.1) is 0 Å². The van der Waals surface area contributed by atoms with Gasteiger partial charge in [-0.3, -0.25) is 4.79 Å². The molecule has 5 heteroatoms. The third-order valence-corrected chi connectivity index (χ3v) is 5.13. The SMILES string of the molecule is O=C(CCNC1CCCC1C1COCCN1)NCc1ccccc1. The number of ether oxygens (including phenoxy) is 1. The third kappa shape index (κ3) is 5.03. The van der Waals surface area contributed by atoms with Crippen molar-refractivity contribution in [3.8, 4) is 0 Å². The summed E-state index contributed by atoms with van der Waals surface area (Å²) in [6.45, 7) is 3.95.